The molecule has 0 aromatic heterocycles. The molecule has 18 heavy (non-hydrogen) atoms. The lowest BCUT2D eigenvalue weighted by atomic mass is 10.1. The van der Waals surface area contributed by atoms with Crippen molar-refractivity contribution in [3.05, 3.63) is 0 Å². The van der Waals surface area contributed by atoms with Crippen molar-refractivity contribution in [2.75, 3.05) is 7.11 Å². The monoisotopic (exact) mass is 256 g/mol. The Morgan fingerprint density at radius 3 is 2.78 bits per heavy atom. The lowest BCUT2D eigenvalue weighted by Gasteiger charge is -2.18. The first-order chi connectivity index (χ1) is 8.58. The first-order valence-corrected chi connectivity index (χ1v) is 6.26. The number of nitrogens with one attached hydrogen (secondary N) is 2. The molecule has 0 saturated carbocycles. The van der Waals surface area contributed by atoms with Crippen molar-refractivity contribution in [1.82, 2.24) is 10.6 Å². The second kappa shape index (κ2) is 6.98. The minimum absolute atomic E-state index is 0.127. The van der Waals surface area contributed by atoms with Crippen LogP contribution in [0, 0.1) is 0 Å². The van der Waals surface area contributed by atoms with Crippen molar-refractivity contribution >= 4 is 17.8 Å². The van der Waals surface area contributed by atoms with Crippen molar-refractivity contribution in [3.8, 4) is 0 Å². The first-order valence-electron chi connectivity index (χ1n) is 6.26. The number of carbonyl (C=O) groups is 3. The lowest BCUT2D eigenvalue weighted by Crippen LogP contribution is -2.49. The van der Waals surface area contributed by atoms with Crippen LogP contribution in [-0.2, 0) is 19.1 Å². The number of rotatable bonds is 6. The van der Waals surface area contributed by atoms with Crippen LogP contribution < -0.4 is 10.6 Å². The van der Waals surface area contributed by atoms with Gasteiger partial charge in [0, 0.05) is 6.42 Å². The van der Waals surface area contributed by atoms with Gasteiger partial charge in [-0.3, -0.25) is 9.59 Å². The van der Waals surface area contributed by atoms with E-state index in [9.17, 15) is 14.4 Å². The molecule has 1 rings (SSSR count). The summed E-state index contributed by atoms with van der Waals surface area (Å²) in [5.41, 5.74) is 0. The van der Waals surface area contributed by atoms with E-state index >= 15 is 0 Å². The van der Waals surface area contributed by atoms with Gasteiger partial charge in [-0.25, -0.2) is 4.79 Å². The van der Waals surface area contributed by atoms with Gasteiger partial charge in [0.05, 0.1) is 7.11 Å². The number of unbranched alkanes of at least 4 members (excludes halogenated alkanes) is 1. The van der Waals surface area contributed by atoms with Crippen molar-refractivity contribution in [1.29, 1.82) is 0 Å². The van der Waals surface area contributed by atoms with Gasteiger partial charge in [-0.1, -0.05) is 19.8 Å². The summed E-state index contributed by atoms with van der Waals surface area (Å²) in [4.78, 5) is 34.4. The van der Waals surface area contributed by atoms with Crippen molar-refractivity contribution in [2.45, 2.75) is 51.1 Å². The van der Waals surface area contributed by atoms with Gasteiger partial charge < -0.3 is 15.4 Å². The average molecular weight is 256 g/mol. The molecule has 1 fully saturated rings. The van der Waals surface area contributed by atoms with Crippen LogP contribution in [0.1, 0.15) is 39.0 Å². The number of hydrogen-bond donors (Lipinski definition) is 2. The number of ether oxygens (including phenoxy) is 1. The first kappa shape index (κ1) is 14.5. The van der Waals surface area contributed by atoms with E-state index in [0.29, 0.717) is 19.3 Å². The van der Waals surface area contributed by atoms with E-state index in [-0.39, 0.29) is 11.8 Å². The highest BCUT2D eigenvalue weighted by atomic mass is 16.5. The van der Waals surface area contributed by atoms with Crippen LogP contribution in [0.3, 0.4) is 0 Å². The van der Waals surface area contributed by atoms with E-state index in [1.54, 1.807) is 0 Å². The van der Waals surface area contributed by atoms with Gasteiger partial charge in [0.15, 0.2) is 0 Å². The molecule has 1 heterocycles. The molecule has 1 saturated heterocycles. The Labute approximate surface area is 106 Å². The number of methoxy groups -OCH3 is 1. The van der Waals surface area contributed by atoms with Crippen LogP contribution in [0.4, 0.5) is 0 Å². The molecule has 0 spiro atoms. The molecule has 0 radical (unpaired) electrons. The van der Waals surface area contributed by atoms with E-state index in [2.05, 4.69) is 15.4 Å². The molecule has 2 N–H and O–H groups in total. The Morgan fingerprint density at radius 2 is 2.28 bits per heavy atom. The van der Waals surface area contributed by atoms with Crippen molar-refractivity contribution < 1.29 is 19.1 Å². The smallest absolute Gasteiger partial charge is 0.328 e. The molecule has 0 aromatic carbocycles. The number of esters is 1. The molecule has 0 bridgehead atoms. The third-order valence-corrected chi connectivity index (χ3v) is 2.96. The normalized spacial score (nSPS) is 20.1. The summed E-state index contributed by atoms with van der Waals surface area (Å²) in [6.07, 6.45) is 3.15. The summed E-state index contributed by atoms with van der Waals surface area (Å²) in [7, 11) is 1.30. The number of carbonyl (C=O) groups excluding carboxylic acids is 3. The van der Waals surface area contributed by atoms with Gasteiger partial charge in [0.2, 0.25) is 11.8 Å². The molecular formula is C12H20N2O4. The lowest BCUT2D eigenvalue weighted by molar-refractivity contribution is -0.145. The van der Waals surface area contributed by atoms with Gasteiger partial charge in [-0.05, 0) is 12.8 Å². The Bertz CT molecular complexity index is 330. The van der Waals surface area contributed by atoms with E-state index in [4.69, 9.17) is 0 Å². The van der Waals surface area contributed by atoms with Crippen LogP contribution in [0.5, 0.6) is 0 Å². The van der Waals surface area contributed by atoms with Crippen LogP contribution >= 0.6 is 0 Å². The summed E-state index contributed by atoms with van der Waals surface area (Å²) in [5.74, 6) is -0.883. The molecule has 2 amide bonds. The molecular weight excluding hydrogens is 236 g/mol. The van der Waals surface area contributed by atoms with Crippen LogP contribution in [-0.4, -0.2) is 37.0 Å². The van der Waals surface area contributed by atoms with Crippen LogP contribution in [0.25, 0.3) is 0 Å². The van der Waals surface area contributed by atoms with Gasteiger partial charge in [0.1, 0.15) is 12.1 Å². The predicted octanol–water partition coefficient (Wildman–Crippen LogP) is 0.113. The molecule has 102 valence electrons. The molecule has 1 aliphatic rings. The zero-order valence-corrected chi connectivity index (χ0v) is 10.8. The average Bonchev–Trinajstić information content (AvgIpc) is 2.80. The summed E-state index contributed by atoms with van der Waals surface area (Å²) in [5, 5.41) is 5.21. The van der Waals surface area contributed by atoms with E-state index in [1.165, 1.54) is 7.11 Å². The van der Waals surface area contributed by atoms with Crippen LogP contribution in [0.15, 0.2) is 0 Å². The molecule has 2 atom stereocenters. The van der Waals surface area contributed by atoms with E-state index < -0.39 is 18.1 Å². The summed E-state index contributed by atoms with van der Waals surface area (Å²) < 4.78 is 4.65. The summed E-state index contributed by atoms with van der Waals surface area (Å²) >= 11 is 0. The maximum atomic E-state index is 11.9. The second-order valence-corrected chi connectivity index (χ2v) is 4.39. The van der Waals surface area contributed by atoms with Crippen LogP contribution in [0.2, 0.25) is 0 Å². The fraction of sp³-hybridized carbons (Fsp3) is 0.750. The highest BCUT2D eigenvalue weighted by molar-refractivity contribution is 5.93. The van der Waals surface area contributed by atoms with Crippen molar-refractivity contribution in [3.63, 3.8) is 0 Å². The standard InChI is InChI=1S/C12H20N2O4/c1-3-4-5-9(12(17)18-2)14-11(16)8-6-7-10(15)13-8/h8-9H,3-7H2,1-2H3,(H,13,15)(H,14,16)/t8-,9+/m1/s1. The predicted molar refractivity (Wildman–Crippen MR) is 64.6 cm³/mol. The Hall–Kier alpha value is -1.59. The number of amides is 2. The van der Waals surface area contributed by atoms with Gasteiger partial charge in [0.25, 0.3) is 0 Å². The van der Waals surface area contributed by atoms with Gasteiger partial charge in [-0.15, -0.1) is 0 Å². The maximum Gasteiger partial charge on any atom is 0.328 e. The third-order valence-electron chi connectivity index (χ3n) is 2.96. The molecule has 6 heteroatoms. The SMILES string of the molecule is CCCC[C@H](NC(=O)[C@H]1CCC(=O)N1)C(=O)OC. The summed E-state index contributed by atoms with van der Waals surface area (Å²) in [6, 6.07) is -1.15. The highest BCUT2D eigenvalue weighted by Crippen LogP contribution is 2.08. The fourth-order valence-corrected chi connectivity index (χ4v) is 1.88. The third kappa shape index (κ3) is 4.01. The highest BCUT2D eigenvalue weighted by Gasteiger charge is 2.30. The Kier molecular flexibility index (Phi) is 5.61. The fourth-order valence-electron chi connectivity index (χ4n) is 1.88. The van der Waals surface area contributed by atoms with Gasteiger partial charge in [-0.2, -0.15) is 0 Å². The zero-order chi connectivity index (χ0) is 13.5. The Balaban J connectivity index is 2.51. The van der Waals surface area contributed by atoms with Gasteiger partial charge >= 0.3 is 5.97 Å². The van der Waals surface area contributed by atoms with Crippen molar-refractivity contribution in [2.24, 2.45) is 0 Å². The summed E-state index contributed by atoms with van der Waals surface area (Å²) in [6.45, 7) is 2.01. The Morgan fingerprint density at radius 1 is 1.56 bits per heavy atom. The maximum absolute atomic E-state index is 11.9. The largest absolute Gasteiger partial charge is 0.467 e. The topological polar surface area (TPSA) is 84.5 Å². The minimum Gasteiger partial charge on any atom is -0.467 e. The second-order valence-electron chi connectivity index (χ2n) is 4.39. The minimum atomic E-state index is -0.625. The molecule has 1 aliphatic heterocycles. The van der Waals surface area contributed by atoms with E-state index in [0.717, 1.165) is 12.8 Å². The molecule has 0 aromatic rings. The molecule has 6 nitrogen and oxygen atoms in total. The van der Waals surface area contributed by atoms with E-state index in [1.807, 2.05) is 6.92 Å². The molecule has 0 unspecified atom stereocenters. The molecule has 0 aliphatic carbocycles. The quantitative estimate of drug-likeness (QED) is 0.661. The zero-order valence-electron chi connectivity index (χ0n) is 10.8. The number of hydrogen-bond acceptors (Lipinski definition) is 4.